The average Bonchev–Trinajstić information content (AvgIpc) is 3.60. The normalized spacial score (nSPS) is 17.1. The third-order valence-corrected chi connectivity index (χ3v) is 9.35. The van der Waals surface area contributed by atoms with Crippen molar-refractivity contribution < 1.29 is 34.5 Å². The number of aliphatic hydroxyl groups is 1. The van der Waals surface area contributed by atoms with E-state index in [1.165, 1.54) is 16.2 Å². The van der Waals surface area contributed by atoms with Crippen molar-refractivity contribution in [3.63, 3.8) is 0 Å². The van der Waals surface area contributed by atoms with Crippen molar-refractivity contribution in [2.24, 2.45) is 5.41 Å². The zero-order valence-electron chi connectivity index (χ0n) is 27.5. The number of nitrogens with zero attached hydrogens (tertiary/aromatic N) is 2. The van der Waals surface area contributed by atoms with E-state index in [4.69, 9.17) is 5.11 Å². The molecule has 1 aromatic carbocycles. The summed E-state index contributed by atoms with van der Waals surface area (Å²) in [6.07, 6.45) is 7.01. The molecule has 254 valence electrons. The molecule has 1 aliphatic rings. The highest BCUT2D eigenvalue weighted by molar-refractivity contribution is 7.13. The summed E-state index contributed by atoms with van der Waals surface area (Å²) in [4.78, 5) is 57.1. The maximum absolute atomic E-state index is 13.8. The molecular weight excluding hydrogens is 608 g/mol. The summed E-state index contributed by atoms with van der Waals surface area (Å²) in [5, 5.41) is 35.5. The van der Waals surface area contributed by atoms with E-state index in [1.54, 1.807) is 17.6 Å². The number of thiazole rings is 1. The number of aromatic nitrogens is 1. The molecule has 3 atom stereocenters. The van der Waals surface area contributed by atoms with E-state index in [-0.39, 0.29) is 44.0 Å². The monoisotopic (exact) mass is 658 g/mol. The Balaban J connectivity index is 1.51. The molecule has 2 aromatic rings. The number of hydrogen-bond acceptors (Lipinski definition) is 8. The summed E-state index contributed by atoms with van der Waals surface area (Å²) in [5.74, 6) is -1.79. The minimum atomic E-state index is -0.908. The van der Waals surface area contributed by atoms with Crippen molar-refractivity contribution in [3.8, 4) is 16.2 Å². The number of β-amino-alcohol motifs (C(OH)–C–C–N with tert-alkyl or cyclic N) is 1. The van der Waals surface area contributed by atoms with Crippen molar-refractivity contribution in [1.82, 2.24) is 20.5 Å². The van der Waals surface area contributed by atoms with Crippen LogP contribution in [0.1, 0.15) is 103 Å². The molecule has 1 aromatic heterocycles. The van der Waals surface area contributed by atoms with Gasteiger partial charge in [0.1, 0.15) is 17.8 Å². The number of carboxylic acids is 1. The van der Waals surface area contributed by atoms with Gasteiger partial charge in [-0.15, -0.1) is 11.3 Å². The fourth-order valence-electron chi connectivity index (χ4n) is 5.71. The number of aliphatic carboxylic acids is 1. The SMILES string of the molecule is Cc1ncsc1-c1ccc(CNC(=O)[C@@H]2C[C@@H](O)CN2C(=O)C(NC(=O)CCCCCCCCCCC(=O)O)C(C)(C)C)c(O)c1. The molecule has 0 radical (unpaired) electrons. The molecule has 2 heterocycles. The van der Waals surface area contributed by atoms with E-state index in [0.717, 1.165) is 54.7 Å². The number of carboxylic acid groups (broad SMARTS) is 1. The Morgan fingerprint density at radius 2 is 1.65 bits per heavy atom. The molecule has 1 saturated heterocycles. The molecule has 0 aliphatic carbocycles. The lowest BCUT2D eigenvalue weighted by molar-refractivity contribution is -0.144. The van der Waals surface area contributed by atoms with Crippen molar-refractivity contribution in [1.29, 1.82) is 0 Å². The summed E-state index contributed by atoms with van der Waals surface area (Å²) in [5.41, 5.74) is 3.34. The molecular formula is C34H50N4O7S. The lowest BCUT2D eigenvalue weighted by Crippen LogP contribution is -2.57. The van der Waals surface area contributed by atoms with Crippen molar-refractivity contribution in [2.45, 2.75) is 123 Å². The van der Waals surface area contributed by atoms with E-state index >= 15 is 0 Å². The number of aliphatic hydroxyl groups excluding tert-OH is 1. The second-order valence-electron chi connectivity index (χ2n) is 13.3. The maximum atomic E-state index is 13.8. The molecule has 46 heavy (non-hydrogen) atoms. The number of likely N-dealkylation sites (tertiary alicyclic amines) is 1. The van der Waals surface area contributed by atoms with Crippen LogP contribution in [0.15, 0.2) is 23.7 Å². The number of nitrogens with one attached hydrogen (secondary N) is 2. The first-order chi connectivity index (χ1) is 21.8. The highest BCUT2D eigenvalue weighted by Gasteiger charge is 2.44. The molecule has 1 fully saturated rings. The van der Waals surface area contributed by atoms with Gasteiger partial charge in [-0.1, -0.05) is 71.4 Å². The highest BCUT2D eigenvalue weighted by Crippen LogP contribution is 2.32. The first-order valence-corrected chi connectivity index (χ1v) is 17.2. The summed E-state index contributed by atoms with van der Waals surface area (Å²) in [6, 6.07) is 3.46. The predicted molar refractivity (Wildman–Crippen MR) is 177 cm³/mol. The Labute approximate surface area is 275 Å². The van der Waals surface area contributed by atoms with E-state index in [2.05, 4.69) is 15.6 Å². The van der Waals surface area contributed by atoms with Gasteiger partial charge in [0.25, 0.3) is 0 Å². The van der Waals surface area contributed by atoms with E-state index in [0.29, 0.717) is 18.4 Å². The van der Waals surface area contributed by atoms with Gasteiger partial charge in [-0.3, -0.25) is 19.2 Å². The molecule has 3 amide bonds. The van der Waals surface area contributed by atoms with Gasteiger partial charge in [-0.05, 0) is 36.8 Å². The lowest BCUT2D eigenvalue weighted by atomic mass is 9.85. The van der Waals surface area contributed by atoms with Crippen LogP contribution in [0.5, 0.6) is 5.75 Å². The third kappa shape index (κ3) is 11.1. The van der Waals surface area contributed by atoms with Crippen LogP contribution in [0.2, 0.25) is 0 Å². The van der Waals surface area contributed by atoms with Crippen LogP contribution < -0.4 is 10.6 Å². The quantitative estimate of drug-likeness (QED) is 0.149. The Kier molecular flexibility index (Phi) is 14.0. The fourth-order valence-corrected chi connectivity index (χ4v) is 6.51. The van der Waals surface area contributed by atoms with Crippen LogP contribution in [0.3, 0.4) is 0 Å². The minimum absolute atomic E-state index is 0.0101. The van der Waals surface area contributed by atoms with Crippen molar-refractivity contribution >= 4 is 35.0 Å². The average molecular weight is 659 g/mol. The Hall–Kier alpha value is -3.51. The summed E-state index contributed by atoms with van der Waals surface area (Å²) < 4.78 is 0. The molecule has 11 nitrogen and oxygen atoms in total. The van der Waals surface area contributed by atoms with E-state index in [1.807, 2.05) is 33.8 Å². The van der Waals surface area contributed by atoms with Gasteiger partial charge in [0.2, 0.25) is 17.7 Å². The number of hydrogen-bond donors (Lipinski definition) is 5. The molecule has 5 N–H and O–H groups in total. The molecule has 0 bridgehead atoms. The number of aromatic hydroxyl groups is 1. The molecule has 12 heteroatoms. The number of phenolic OH excluding ortho intramolecular Hbond substituents is 1. The van der Waals surface area contributed by atoms with Crippen LogP contribution in [-0.4, -0.2) is 73.6 Å². The number of phenols is 1. The first kappa shape index (κ1) is 37.0. The van der Waals surface area contributed by atoms with Gasteiger partial charge < -0.3 is 30.9 Å². The Morgan fingerprint density at radius 3 is 2.22 bits per heavy atom. The van der Waals surface area contributed by atoms with Crippen LogP contribution in [-0.2, 0) is 25.7 Å². The zero-order chi connectivity index (χ0) is 33.9. The van der Waals surface area contributed by atoms with Crippen molar-refractivity contribution in [2.75, 3.05) is 6.54 Å². The van der Waals surface area contributed by atoms with E-state index in [9.17, 15) is 29.4 Å². The number of carbonyl (C=O) groups excluding carboxylic acids is 3. The lowest BCUT2D eigenvalue weighted by Gasteiger charge is -2.35. The maximum Gasteiger partial charge on any atom is 0.303 e. The Morgan fingerprint density at radius 1 is 1.02 bits per heavy atom. The predicted octanol–water partition coefficient (Wildman–Crippen LogP) is 4.92. The standard InChI is InChI=1S/C34H50N4O7S/c1-22-30(46-21-36-22)23-15-16-24(27(40)17-23)19-35-32(44)26-18-25(39)20-38(26)33(45)31(34(2,3)4)37-28(41)13-11-9-7-5-6-8-10-12-14-29(42)43/h15-17,21,25-26,31,39-40H,5-14,18-20H2,1-4H3,(H,35,44)(H,37,41)(H,42,43)/t25-,26+,31?/m1/s1. The molecule has 3 rings (SSSR count). The summed E-state index contributed by atoms with van der Waals surface area (Å²) in [6.45, 7) is 7.50. The minimum Gasteiger partial charge on any atom is -0.508 e. The van der Waals surface area contributed by atoms with Crippen LogP contribution in [0, 0.1) is 12.3 Å². The van der Waals surface area contributed by atoms with Crippen LogP contribution >= 0.6 is 11.3 Å². The number of benzene rings is 1. The molecule has 1 unspecified atom stereocenters. The number of rotatable bonds is 17. The second-order valence-corrected chi connectivity index (χ2v) is 14.2. The van der Waals surface area contributed by atoms with Gasteiger partial charge in [-0.25, -0.2) is 4.98 Å². The molecule has 0 saturated carbocycles. The van der Waals surface area contributed by atoms with Gasteiger partial charge in [0.15, 0.2) is 0 Å². The van der Waals surface area contributed by atoms with Gasteiger partial charge >= 0.3 is 5.97 Å². The van der Waals surface area contributed by atoms with Crippen LogP contribution in [0.25, 0.3) is 10.4 Å². The number of aryl methyl sites for hydroxylation is 1. The van der Waals surface area contributed by atoms with Crippen molar-refractivity contribution in [3.05, 3.63) is 35.0 Å². The molecule has 1 aliphatic heterocycles. The number of carbonyl (C=O) groups is 4. The van der Waals surface area contributed by atoms with Gasteiger partial charge in [0.05, 0.1) is 22.2 Å². The first-order valence-electron chi connectivity index (χ1n) is 16.3. The zero-order valence-corrected chi connectivity index (χ0v) is 28.3. The third-order valence-electron chi connectivity index (χ3n) is 8.37. The molecule has 0 spiro atoms. The largest absolute Gasteiger partial charge is 0.508 e. The highest BCUT2D eigenvalue weighted by atomic mass is 32.1. The van der Waals surface area contributed by atoms with Gasteiger partial charge in [0, 0.05) is 37.9 Å². The topological polar surface area (TPSA) is 169 Å². The van der Waals surface area contributed by atoms with Gasteiger partial charge in [-0.2, -0.15) is 0 Å². The summed E-state index contributed by atoms with van der Waals surface area (Å²) in [7, 11) is 0. The van der Waals surface area contributed by atoms with E-state index < -0.39 is 41.4 Å². The van der Waals surface area contributed by atoms with Crippen LogP contribution in [0.4, 0.5) is 0 Å². The second kappa shape index (κ2) is 17.4. The Bertz CT molecular complexity index is 1340. The number of unbranched alkanes of at least 4 members (excludes halogenated alkanes) is 7. The number of amides is 3. The fraction of sp³-hybridized carbons (Fsp3) is 0.618. The summed E-state index contributed by atoms with van der Waals surface area (Å²) >= 11 is 1.48. The smallest absolute Gasteiger partial charge is 0.303 e.